The standard InChI is InChI=1S/C18H26N4O4/c1-2-25-18(24)22-9-7-13(8-10-22)20-14-5-6-16(19-12-14)21-17(23)15-4-3-11-26-15/h5-6,12-13,15,20H,2-4,7-11H2,1H3,(H,19,21,23). The average Bonchev–Trinajstić information content (AvgIpc) is 3.19. The van der Waals surface area contributed by atoms with Crippen LogP contribution in [-0.2, 0) is 14.3 Å². The van der Waals surface area contributed by atoms with Crippen LogP contribution >= 0.6 is 0 Å². The van der Waals surface area contributed by atoms with Crippen LogP contribution in [0, 0.1) is 0 Å². The van der Waals surface area contributed by atoms with E-state index in [9.17, 15) is 9.59 Å². The quantitative estimate of drug-likeness (QED) is 0.834. The van der Waals surface area contributed by atoms with E-state index < -0.39 is 0 Å². The van der Waals surface area contributed by atoms with Crippen molar-refractivity contribution in [3.8, 4) is 0 Å². The largest absolute Gasteiger partial charge is 0.450 e. The summed E-state index contributed by atoms with van der Waals surface area (Å²) in [6.45, 7) is 4.22. The van der Waals surface area contributed by atoms with Gasteiger partial charge in [0.1, 0.15) is 11.9 Å². The third-order valence-electron chi connectivity index (χ3n) is 4.63. The molecule has 2 aliphatic heterocycles. The number of hydrogen-bond acceptors (Lipinski definition) is 6. The molecule has 1 aromatic rings. The first-order valence-corrected chi connectivity index (χ1v) is 9.22. The van der Waals surface area contributed by atoms with Crippen LogP contribution in [0.5, 0.6) is 0 Å². The molecule has 0 bridgehead atoms. The Bertz CT molecular complexity index is 608. The Hall–Kier alpha value is -2.35. The van der Waals surface area contributed by atoms with Gasteiger partial charge in [-0.15, -0.1) is 0 Å². The maximum Gasteiger partial charge on any atom is 0.409 e. The smallest absolute Gasteiger partial charge is 0.409 e. The summed E-state index contributed by atoms with van der Waals surface area (Å²) in [5.41, 5.74) is 0.898. The zero-order valence-corrected chi connectivity index (χ0v) is 15.1. The molecule has 26 heavy (non-hydrogen) atoms. The van der Waals surface area contributed by atoms with Crippen molar-refractivity contribution in [2.45, 2.75) is 44.8 Å². The van der Waals surface area contributed by atoms with Gasteiger partial charge >= 0.3 is 6.09 Å². The molecule has 0 aromatic carbocycles. The molecule has 3 heterocycles. The van der Waals surface area contributed by atoms with E-state index in [-0.39, 0.29) is 24.1 Å². The molecule has 8 heteroatoms. The Kier molecular flexibility index (Phi) is 6.27. The minimum Gasteiger partial charge on any atom is -0.450 e. The zero-order chi connectivity index (χ0) is 18.4. The van der Waals surface area contributed by atoms with Crippen molar-refractivity contribution in [3.63, 3.8) is 0 Å². The topological polar surface area (TPSA) is 92.8 Å². The Morgan fingerprint density at radius 2 is 2.12 bits per heavy atom. The van der Waals surface area contributed by atoms with Gasteiger partial charge in [-0.3, -0.25) is 4.79 Å². The molecule has 2 amide bonds. The monoisotopic (exact) mass is 362 g/mol. The van der Waals surface area contributed by atoms with Crippen molar-refractivity contribution in [2.24, 2.45) is 0 Å². The highest BCUT2D eigenvalue weighted by Crippen LogP contribution is 2.19. The summed E-state index contributed by atoms with van der Waals surface area (Å²) >= 11 is 0. The van der Waals surface area contributed by atoms with Gasteiger partial charge in [-0.1, -0.05) is 0 Å². The molecule has 2 N–H and O–H groups in total. The number of hydrogen-bond donors (Lipinski definition) is 2. The van der Waals surface area contributed by atoms with Crippen LogP contribution < -0.4 is 10.6 Å². The molecule has 2 saturated heterocycles. The van der Waals surface area contributed by atoms with Gasteiger partial charge in [0.2, 0.25) is 0 Å². The van der Waals surface area contributed by atoms with Crippen molar-refractivity contribution in [3.05, 3.63) is 18.3 Å². The SMILES string of the molecule is CCOC(=O)N1CCC(Nc2ccc(NC(=O)C3CCCO3)nc2)CC1. The zero-order valence-electron chi connectivity index (χ0n) is 15.1. The highest BCUT2D eigenvalue weighted by molar-refractivity contribution is 5.93. The molecule has 2 aliphatic rings. The van der Waals surface area contributed by atoms with Gasteiger partial charge in [0.25, 0.3) is 5.91 Å². The highest BCUT2D eigenvalue weighted by Gasteiger charge is 2.25. The van der Waals surface area contributed by atoms with Crippen LogP contribution in [-0.4, -0.2) is 60.3 Å². The summed E-state index contributed by atoms with van der Waals surface area (Å²) in [4.78, 5) is 29.8. The molecule has 2 fully saturated rings. The van der Waals surface area contributed by atoms with E-state index in [0.29, 0.717) is 32.1 Å². The summed E-state index contributed by atoms with van der Waals surface area (Å²) in [7, 11) is 0. The number of nitrogens with zero attached hydrogens (tertiary/aromatic N) is 2. The minimum absolute atomic E-state index is 0.137. The molecular weight excluding hydrogens is 336 g/mol. The lowest BCUT2D eigenvalue weighted by atomic mass is 10.1. The normalized spacial score (nSPS) is 20.7. The van der Waals surface area contributed by atoms with Gasteiger partial charge < -0.3 is 25.0 Å². The fourth-order valence-electron chi connectivity index (χ4n) is 3.20. The van der Waals surface area contributed by atoms with Gasteiger partial charge in [0.15, 0.2) is 0 Å². The summed E-state index contributed by atoms with van der Waals surface area (Å²) < 4.78 is 10.4. The number of pyridine rings is 1. The second-order valence-corrected chi connectivity index (χ2v) is 6.53. The van der Waals surface area contributed by atoms with E-state index in [1.807, 2.05) is 13.0 Å². The Morgan fingerprint density at radius 1 is 1.31 bits per heavy atom. The first-order chi connectivity index (χ1) is 12.7. The molecule has 1 unspecified atom stereocenters. The summed E-state index contributed by atoms with van der Waals surface area (Å²) in [6.07, 6.45) is 4.51. The van der Waals surface area contributed by atoms with E-state index in [0.717, 1.165) is 31.4 Å². The van der Waals surface area contributed by atoms with Gasteiger partial charge in [-0.25, -0.2) is 9.78 Å². The molecule has 0 spiro atoms. The van der Waals surface area contributed by atoms with Crippen LogP contribution in [0.25, 0.3) is 0 Å². The van der Waals surface area contributed by atoms with Crippen LogP contribution in [0.3, 0.4) is 0 Å². The van der Waals surface area contributed by atoms with Crippen molar-refractivity contribution >= 4 is 23.5 Å². The van der Waals surface area contributed by atoms with Crippen LogP contribution in [0.4, 0.5) is 16.3 Å². The Labute approximate surface area is 153 Å². The summed E-state index contributed by atoms with van der Waals surface area (Å²) in [5.74, 6) is 0.384. The first kappa shape index (κ1) is 18.4. The molecule has 142 valence electrons. The third-order valence-corrected chi connectivity index (χ3v) is 4.63. The maximum absolute atomic E-state index is 12.0. The lowest BCUT2D eigenvalue weighted by Gasteiger charge is -2.32. The number of carbonyl (C=O) groups is 2. The van der Waals surface area contributed by atoms with E-state index >= 15 is 0 Å². The van der Waals surface area contributed by atoms with Gasteiger partial charge in [0, 0.05) is 25.7 Å². The number of piperidine rings is 1. The van der Waals surface area contributed by atoms with Gasteiger partial charge in [-0.05, 0) is 44.7 Å². The predicted molar refractivity (Wildman–Crippen MR) is 97.1 cm³/mol. The molecule has 0 aliphatic carbocycles. The van der Waals surface area contributed by atoms with Crippen molar-refractivity contribution in [2.75, 3.05) is 36.9 Å². The van der Waals surface area contributed by atoms with E-state index in [4.69, 9.17) is 9.47 Å². The second-order valence-electron chi connectivity index (χ2n) is 6.53. The van der Waals surface area contributed by atoms with E-state index in [2.05, 4.69) is 15.6 Å². The number of rotatable bonds is 5. The number of likely N-dealkylation sites (tertiary alicyclic amines) is 1. The van der Waals surface area contributed by atoms with E-state index in [1.54, 1.807) is 17.2 Å². The molecule has 1 atom stereocenters. The lowest BCUT2D eigenvalue weighted by Crippen LogP contribution is -2.42. The highest BCUT2D eigenvalue weighted by atomic mass is 16.6. The third kappa shape index (κ3) is 4.85. The second kappa shape index (κ2) is 8.84. The number of anilines is 2. The number of aromatic nitrogens is 1. The van der Waals surface area contributed by atoms with E-state index in [1.165, 1.54) is 0 Å². The van der Waals surface area contributed by atoms with Gasteiger partial charge in [-0.2, -0.15) is 0 Å². The van der Waals surface area contributed by atoms with Crippen molar-refractivity contribution in [1.82, 2.24) is 9.88 Å². The molecule has 0 radical (unpaired) electrons. The fourth-order valence-corrected chi connectivity index (χ4v) is 3.20. The Morgan fingerprint density at radius 3 is 2.73 bits per heavy atom. The summed E-state index contributed by atoms with van der Waals surface area (Å²) in [5, 5.41) is 6.21. The van der Waals surface area contributed by atoms with Crippen LogP contribution in [0.1, 0.15) is 32.6 Å². The van der Waals surface area contributed by atoms with Crippen molar-refractivity contribution < 1.29 is 19.1 Å². The lowest BCUT2D eigenvalue weighted by molar-refractivity contribution is -0.124. The fraction of sp³-hybridized carbons (Fsp3) is 0.611. The summed E-state index contributed by atoms with van der Waals surface area (Å²) in [6, 6.07) is 3.97. The molecule has 8 nitrogen and oxygen atoms in total. The molecular formula is C18H26N4O4. The van der Waals surface area contributed by atoms with Gasteiger partial charge in [0.05, 0.1) is 18.5 Å². The van der Waals surface area contributed by atoms with Crippen molar-refractivity contribution in [1.29, 1.82) is 0 Å². The maximum atomic E-state index is 12.0. The predicted octanol–water partition coefficient (Wildman–Crippen LogP) is 2.23. The van der Waals surface area contributed by atoms with Crippen LogP contribution in [0.15, 0.2) is 18.3 Å². The molecule has 1 aromatic heterocycles. The first-order valence-electron chi connectivity index (χ1n) is 9.22. The molecule has 3 rings (SSSR count). The number of amides is 2. The number of ether oxygens (including phenoxy) is 2. The number of nitrogens with one attached hydrogen (secondary N) is 2. The van der Waals surface area contributed by atoms with Crippen LogP contribution in [0.2, 0.25) is 0 Å². The minimum atomic E-state index is -0.362. The number of carbonyl (C=O) groups excluding carboxylic acids is 2. The Balaban J connectivity index is 1.44. The molecule has 0 saturated carbocycles. The average molecular weight is 362 g/mol.